The summed E-state index contributed by atoms with van der Waals surface area (Å²) in [6.07, 6.45) is 5.56. The SMILES string of the molecule is Cc1nc(-c2ccc(NC(C)C3CCCC3)cc2)cs1. The van der Waals surface area contributed by atoms with Gasteiger partial charge in [-0.3, -0.25) is 0 Å². The zero-order valence-corrected chi connectivity index (χ0v) is 13.0. The van der Waals surface area contributed by atoms with Gasteiger partial charge < -0.3 is 5.32 Å². The molecule has 1 aliphatic rings. The molecule has 1 unspecified atom stereocenters. The van der Waals surface area contributed by atoms with Crippen LogP contribution in [0.4, 0.5) is 5.69 Å². The van der Waals surface area contributed by atoms with Gasteiger partial charge in [0.1, 0.15) is 0 Å². The molecule has 20 heavy (non-hydrogen) atoms. The first-order valence-corrected chi connectivity index (χ1v) is 8.39. The number of aromatic nitrogens is 1. The highest BCUT2D eigenvalue weighted by molar-refractivity contribution is 7.09. The fourth-order valence-electron chi connectivity index (χ4n) is 3.07. The minimum Gasteiger partial charge on any atom is -0.382 e. The van der Waals surface area contributed by atoms with Crippen molar-refractivity contribution in [1.82, 2.24) is 4.98 Å². The lowest BCUT2D eigenvalue weighted by molar-refractivity contribution is 0.482. The van der Waals surface area contributed by atoms with Crippen LogP contribution in [0.15, 0.2) is 29.6 Å². The monoisotopic (exact) mass is 286 g/mol. The summed E-state index contributed by atoms with van der Waals surface area (Å²) in [6.45, 7) is 4.36. The fraction of sp³-hybridized carbons (Fsp3) is 0.471. The molecule has 3 rings (SSSR count). The summed E-state index contributed by atoms with van der Waals surface area (Å²) in [4.78, 5) is 4.53. The quantitative estimate of drug-likeness (QED) is 0.845. The Kier molecular flexibility index (Phi) is 4.06. The first-order valence-electron chi connectivity index (χ1n) is 7.51. The zero-order chi connectivity index (χ0) is 13.9. The van der Waals surface area contributed by atoms with Crippen LogP contribution in [-0.2, 0) is 0 Å². The number of rotatable bonds is 4. The predicted octanol–water partition coefficient (Wildman–Crippen LogP) is 5.11. The molecule has 1 aliphatic carbocycles. The summed E-state index contributed by atoms with van der Waals surface area (Å²) in [6, 6.07) is 9.26. The number of hydrogen-bond acceptors (Lipinski definition) is 3. The van der Waals surface area contributed by atoms with E-state index >= 15 is 0 Å². The summed E-state index contributed by atoms with van der Waals surface area (Å²) in [5.74, 6) is 0.843. The molecule has 106 valence electrons. The van der Waals surface area contributed by atoms with E-state index in [0.29, 0.717) is 6.04 Å². The van der Waals surface area contributed by atoms with Gasteiger partial charge in [-0.25, -0.2) is 4.98 Å². The number of anilines is 1. The van der Waals surface area contributed by atoms with E-state index in [-0.39, 0.29) is 0 Å². The van der Waals surface area contributed by atoms with Crippen LogP contribution >= 0.6 is 11.3 Å². The van der Waals surface area contributed by atoms with Crippen molar-refractivity contribution >= 4 is 17.0 Å². The van der Waals surface area contributed by atoms with Gasteiger partial charge in [-0.05, 0) is 44.7 Å². The molecule has 1 N–H and O–H groups in total. The molecule has 0 amide bonds. The normalized spacial score (nSPS) is 17.3. The van der Waals surface area contributed by atoms with Crippen molar-refractivity contribution in [3.8, 4) is 11.3 Å². The van der Waals surface area contributed by atoms with Gasteiger partial charge in [0.05, 0.1) is 10.7 Å². The van der Waals surface area contributed by atoms with Crippen molar-refractivity contribution in [1.29, 1.82) is 0 Å². The summed E-state index contributed by atoms with van der Waals surface area (Å²) in [5.41, 5.74) is 3.51. The van der Waals surface area contributed by atoms with Crippen LogP contribution < -0.4 is 5.32 Å². The van der Waals surface area contributed by atoms with Crippen LogP contribution in [0, 0.1) is 12.8 Å². The Labute approximate surface area is 125 Å². The average Bonchev–Trinajstić information content (AvgIpc) is 3.10. The van der Waals surface area contributed by atoms with E-state index in [9.17, 15) is 0 Å². The molecule has 0 saturated heterocycles. The van der Waals surface area contributed by atoms with Crippen LogP contribution in [-0.4, -0.2) is 11.0 Å². The third-order valence-electron chi connectivity index (χ3n) is 4.30. The van der Waals surface area contributed by atoms with Gasteiger partial charge in [0.25, 0.3) is 0 Å². The van der Waals surface area contributed by atoms with E-state index in [4.69, 9.17) is 0 Å². The lowest BCUT2D eigenvalue weighted by Gasteiger charge is -2.21. The largest absolute Gasteiger partial charge is 0.382 e. The van der Waals surface area contributed by atoms with Gasteiger partial charge in [0.15, 0.2) is 0 Å². The van der Waals surface area contributed by atoms with Crippen molar-refractivity contribution in [3.05, 3.63) is 34.7 Å². The van der Waals surface area contributed by atoms with E-state index in [2.05, 4.69) is 46.9 Å². The molecule has 1 fully saturated rings. The zero-order valence-electron chi connectivity index (χ0n) is 12.2. The highest BCUT2D eigenvalue weighted by Gasteiger charge is 2.21. The molecule has 1 aromatic carbocycles. The molecule has 0 radical (unpaired) electrons. The summed E-state index contributed by atoms with van der Waals surface area (Å²) < 4.78 is 0. The fourth-order valence-corrected chi connectivity index (χ4v) is 3.69. The van der Waals surface area contributed by atoms with Crippen molar-refractivity contribution in [3.63, 3.8) is 0 Å². The number of hydrogen-bond donors (Lipinski definition) is 1. The van der Waals surface area contributed by atoms with Crippen molar-refractivity contribution in [2.24, 2.45) is 5.92 Å². The Bertz CT molecular complexity index is 553. The molecule has 1 aromatic heterocycles. The molecule has 0 aliphatic heterocycles. The standard InChI is InChI=1S/C17H22N2S/c1-12(14-5-3-4-6-14)18-16-9-7-15(8-10-16)17-11-20-13(2)19-17/h7-12,14,18H,3-6H2,1-2H3. The van der Waals surface area contributed by atoms with Crippen LogP contribution in [0.25, 0.3) is 11.3 Å². The smallest absolute Gasteiger partial charge is 0.0901 e. The molecule has 3 heteroatoms. The molecule has 1 saturated carbocycles. The van der Waals surface area contributed by atoms with Gasteiger partial charge >= 0.3 is 0 Å². The molecule has 2 aromatic rings. The number of aryl methyl sites for hydroxylation is 1. The van der Waals surface area contributed by atoms with E-state index in [1.807, 2.05) is 6.92 Å². The average molecular weight is 286 g/mol. The minimum atomic E-state index is 0.574. The molecule has 0 spiro atoms. The van der Waals surface area contributed by atoms with Gasteiger partial charge in [-0.15, -0.1) is 11.3 Å². The van der Waals surface area contributed by atoms with Crippen LogP contribution in [0.2, 0.25) is 0 Å². The number of nitrogens with zero attached hydrogens (tertiary/aromatic N) is 1. The molecular weight excluding hydrogens is 264 g/mol. The maximum absolute atomic E-state index is 4.53. The first kappa shape index (κ1) is 13.6. The number of nitrogens with one attached hydrogen (secondary N) is 1. The van der Waals surface area contributed by atoms with E-state index in [1.165, 1.54) is 36.9 Å². The molecule has 1 atom stereocenters. The second kappa shape index (κ2) is 5.96. The minimum absolute atomic E-state index is 0.574. The maximum Gasteiger partial charge on any atom is 0.0901 e. The Morgan fingerprint density at radius 1 is 1.20 bits per heavy atom. The molecule has 0 bridgehead atoms. The first-order chi connectivity index (χ1) is 9.72. The Morgan fingerprint density at radius 3 is 2.50 bits per heavy atom. The molecule has 2 nitrogen and oxygen atoms in total. The summed E-state index contributed by atoms with van der Waals surface area (Å²) in [5, 5.41) is 6.90. The maximum atomic E-state index is 4.53. The van der Waals surface area contributed by atoms with Gasteiger partial charge in [0.2, 0.25) is 0 Å². The Balaban J connectivity index is 1.66. The van der Waals surface area contributed by atoms with E-state index < -0.39 is 0 Å². The van der Waals surface area contributed by atoms with Crippen LogP contribution in [0.3, 0.4) is 0 Å². The summed E-state index contributed by atoms with van der Waals surface area (Å²) in [7, 11) is 0. The molecule has 1 heterocycles. The number of benzene rings is 1. The predicted molar refractivity (Wildman–Crippen MR) is 87.3 cm³/mol. The second-order valence-electron chi connectivity index (χ2n) is 5.81. The van der Waals surface area contributed by atoms with Crippen molar-refractivity contribution < 1.29 is 0 Å². The van der Waals surface area contributed by atoms with E-state index in [0.717, 1.165) is 16.6 Å². The highest BCUT2D eigenvalue weighted by Crippen LogP contribution is 2.30. The van der Waals surface area contributed by atoms with Crippen molar-refractivity contribution in [2.75, 3.05) is 5.32 Å². The van der Waals surface area contributed by atoms with Gasteiger partial charge in [-0.2, -0.15) is 0 Å². The van der Waals surface area contributed by atoms with Crippen molar-refractivity contribution in [2.45, 2.75) is 45.6 Å². The highest BCUT2D eigenvalue weighted by atomic mass is 32.1. The van der Waals surface area contributed by atoms with Gasteiger partial charge in [-0.1, -0.05) is 25.0 Å². The van der Waals surface area contributed by atoms with Gasteiger partial charge in [0, 0.05) is 22.7 Å². The third kappa shape index (κ3) is 3.04. The Morgan fingerprint density at radius 2 is 1.90 bits per heavy atom. The lowest BCUT2D eigenvalue weighted by Crippen LogP contribution is -2.23. The van der Waals surface area contributed by atoms with Crippen LogP contribution in [0.5, 0.6) is 0 Å². The second-order valence-corrected chi connectivity index (χ2v) is 6.87. The lowest BCUT2D eigenvalue weighted by atomic mass is 9.99. The van der Waals surface area contributed by atoms with Crippen LogP contribution in [0.1, 0.15) is 37.6 Å². The molecular formula is C17H22N2S. The van der Waals surface area contributed by atoms with E-state index in [1.54, 1.807) is 11.3 Å². The number of thiazole rings is 1. The Hall–Kier alpha value is -1.35. The summed E-state index contributed by atoms with van der Waals surface area (Å²) >= 11 is 1.70. The topological polar surface area (TPSA) is 24.9 Å². The third-order valence-corrected chi connectivity index (χ3v) is 5.07.